The molecule has 1 fully saturated rings. The molecular weight excluding hydrogens is 519 g/mol. The maximum atomic E-state index is 13.1. The highest BCUT2D eigenvalue weighted by Gasteiger charge is 2.30. The van der Waals surface area contributed by atoms with E-state index in [-0.39, 0.29) is 5.92 Å². The van der Waals surface area contributed by atoms with Gasteiger partial charge in [-0.2, -0.15) is 13.2 Å². The fraction of sp³-hybridized carbons (Fsp3) is 0.516. The predicted octanol–water partition coefficient (Wildman–Crippen LogP) is 7.36. The van der Waals surface area contributed by atoms with E-state index in [1.807, 2.05) is 24.3 Å². The quantitative estimate of drug-likeness (QED) is 0.128. The maximum absolute atomic E-state index is 13.1. The first-order chi connectivity index (χ1) is 19.0. The number of aliphatic carboxylic acids is 1. The first-order valence-corrected chi connectivity index (χ1v) is 13.8. The van der Waals surface area contributed by atoms with Crippen LogP contribution in [0.15, 0.2) is 58.7 Å². The molecule has 1 aliphatic carbocycles. The number of carboxylic acids is 1. The van der Waals surface area contributed by atoms with Gasteiger partial charge in [0.25, 0.3) is 0 Å². The number of hydrogen-bond donors (Lipinski definition) is 1. The molecule has 0 atom stereocenters. The Bertz CT molecular complexity index is 1120. The molecule has 0 unspecified atom stereocenters. The molecule has 2 aromatic rings. The van der Waals surface area contributed by atoms with E-state index in [0.29, 0.717) is 38.5 Å². The zero-order valence-corrected chi connectivity index (χ0v) is 23.4. The fourth-order valence-electron chi connectivity index (χ4n) is 4.95. The Labute approximate surface area is 234 Å². The average molecular weight is 560 g/mol. The molecule has 0 radical (unpaired) electrons. The number of carbonyl (C=O) groups is 1. The van der Waals surface area contributed by atoms with Gasteiger partial charge in [0.1, 0.15) is 0 Å². The Morgan fingerprint density at radius 3 is 2.10 bits per heavy atom. The van der Waals surface area contributed by atoms with E-state index in [4.69, 9.17) is 9.83 Å². The molecule has 6 nitrogen and oxygen atoms in total. The fourth-order valence-corrected chi connectivity index (χ4v) is 4.95. The van der Waals surface area contributed by atoms with Gasteiger partial charge in [-0.1, -0.05) is 67.2 Å². The van der Waals surface area contributed by atoms with Gasteiger partial charge >= 0.3 is 12.1 Å². The van der Waals surface area contributed by atoms with Crippen molar-refractivity contribution in [2.24, 2.45) is 21.5 Å². The molecule has 0 heterocycles. The van der Waals surface area contributed by atoms with Crippen LogP contribution >= 0.6 is 0 Å². The number of alkyl halides is 3. The molecule has 2 aromatic carbocycles. The van der Waals surface area contributed by atoms with Gasteiger partial charge in [0, 0.05) is 25.7 Å². The van der Waals surface area contributed by atoms with Gasteiger partial charge in [-0.15, -0.1) is 0 Å². The van der Waals surface area contributed by atoms with Crippen molar-refractivity contribution in [1.82, 2.24) is 4.90 Å². The zero-order valence-electron chi connectivity index (χ0n) is 23.4. The lowest BCUT2D eigenvalue weighted by atomic mass is 9.86. The van der Waals surface area contributed by atoms with Gasteiger partial charge < -0.3 is 9.94 Å². The van der Waals surface area contributed by atoms with Crippen molar-refractivity contribution in [1.29, 1.82) is 0 Å². The highest BCUT2D eigenvalue weighted by atomic mass is 19.4. The summed E-state index contributed by atoms with van der Waals surface area (Å²) in [6.45, 7) is 8.23. The number of carboxylic acid groups (broad SMARTS) is 1. The van der Waals surface area contributed by atoms with Crippen LogP contribution in [0.4, 0.5) is 13.2 Å². The van der Waals surface area contributed by atoms with Crippen LogP contribution in [0, 0.1) is 11.3 Å². The molecule has 0 amide bonds. The van der Waals surface area contributed by atoms with Crippen LogP contribution in [-0.2, 0) is 35.2 Å². The molecule has 40 heavy (non-hydrogen) atoms. The van der Waals surface area contributed by atoms with Gasteiger partial charge in [-0.3, -0.25) is 9.69 Å². The van der Waals surface area contributed by atoms with Crippen LogP contribution in [0.25, 0.3) is 0 Å². The van der Waals surface area contributed by atoms with Crippen molar-refractivity contribution in [2.45, 2.75) is 77.9 Å². The Kier molecular flexibility index (Phi) is 11.3. The Morgan fingerprint density at radius 1 is 0.975 bits per heavy atom. The van der Waals surface area contributed by atoms with Crippen molar-refractivity contribution in [3.8, 4) is 0 Å². The monoisotopic (exact) mass is 559 g/mol. The third-order valence-electron chi connectivity index (χ3n) is 7.44. The molecule has 3 rings (SSSR count). The molecule has 1 N–H and O–H groups in total. The Balaban J connectivity index is 1.74. The standard InChI is InChI=1S/C31H40F3N3O3/c1-30(2,29(38)39)20-24-12-10-23(11-13-24)18-19-37(21-25-14-16-27(17-15-25)31(32,33)34)22-36-28(40-35-3)26-8-6-4-5-7-9-26/h10-17,26H,3-9,18-22H2,1-2H3,(H,38,39)/b36-28-. The minimum absolute atomic E-state index is 0.184. The predicted molar refractivity (Wildman–Crippen MR) is 151 cm³/mol. The SMILES string of the molecule is C=NO/C(=N\CN(CCc1ccc(CC(C)(C)C(=O)O)cc1)Cc1ccc(C(F)(F)F)cc1)C1CCCCCC1. The summed E-state index contributed by atoms with van der Waals surface area (Å²) in [5, 5.41) is 13.0. The summed E-state index contributed by atoms with van der Waals surface area (Å²) in [4.78, 5) is 23.8. The highest BCUT2D eigenvalue weighted by molar-refractivity contribution is 5.78. The first-order valence-electron chi connectivity index (χ1n) is 13.8. The summed E-state index contributed by atoms with van der Waals surface area (Å²) < 4.78 is 39.2. The molecule has 0 spiro atoms. The van der Waals surface area contributed by atoms with Crippen LogP contribution in [0.5, 0.6) is 0 Å². The number of benzene rings is 2. The van der Waals surface area contributed by atoms with Gasteiger partial charge in [-0.05, 0) is 68.4 Å². The lowest BCUT2D eigenvalue weighted by Gasteiger charge is -2.22. The van der Waals surface area contributed by atoms with E-state index >= 15 is 0 Å². The molecule has 1 aliphatic rings. The van der Waals surface area contributed by atoms with Crippen LogP contribution in [0.3, 0.4) is 0 Å². The van der Waals surface area contributed by atoms with E-state index in [2.05, 4.69) is 16.8 Å². The molecule has 0 aromatic heterocycles. The van der Waals surface area contributed by atoms with Crippen LogP contribution in [-0.4, -0.2) is 41.8 Å². The van der Waals surface area contributed by atoms with E-state index in [1.165, 1.54) is 25.0 Å². The summed E-state index contributed by atoms with van der Waals surface area (Å²) in [6, 6.07) is 13.1. The van der Waals surface area contributed by atoms with E-state index < -0.39 is 23.1 Å². The number of aliphatic imine (C=N–C) groups is 1. The average Bonchev–Trinajstić information content (AvgIpc) is 3.19. The van der Waals surface area contributed by atoms with Gasteiger partial charge in [0.15, 0.2) is 0 Å². The minimum atomic E-state index is -4.38. The van der Waals surface area contributed by atoms with E-state index in [9.17, 15) is 23.1 Å². The Hall–Kier alpha value is -3.20. The summed E-state index contributed by atoms with van der Waals surface area (Å²) in [5.74, 6) is -0.0851. The number of rotatable bonds is 12. The van der Waals surface area contributed by atoms with E-state index in [0.717, 1.165) is 54.5 Å². The number of hydrogen-bond acceptors (Lipinski definition) is 5. The van der Waals surface area contributed by atoms with Gasteiger partial charge in [0.2, 0.25) is 5.90 Å². The van der Waals surface area contributed by atoms with E-state index in [1.54, 1.807) is 13.8 Å². The zero-order chi connectivity index (χ0) is 29.2. The van der Waals surface area contributed by atoms with Crippen molar-refractivity contribution in [2.75, 3.05) is 13.2 Å². The molecule has 0 aliphatic heterocycles. The number of oxime groups is 1. The molecule has 0 bridgehead atoms. The van der Waals surface area contributed by atoms with Crippen molar-refractivity contribution in [3.63, 3.8) is 0 Å². The topological polar surface area (TPSA) is 74.5 Å². The lowest BCUT2D eigenvalue weighted by molar-refractivity contribution is -0.146. The smallest absolute Gasteiger partial charge is 0.416 e. The first kappa shape index (κ1) is 31.3. The van der Waals surface area contributed by atoms with Crippen LogP contribution in [0.1, 0.15) is 74.6 Å². The number of nitrogens with zero attached hydrogens (tertiary/aromatic N) is 3. The summed E-state index contributed by atoms with van der Waals surface area (Å²) in [5.41, 5.74) is 1.26. The third kappa shape index (κ3) is 9.77. The summed E-state index contributed by atoms with van der Waals surface area (Å²) in [7, 11) is 0. The van der Waals surface area contributed by atoms with Crippen LogP contribution < -0.4 is 0 Å². The largest absolute Gasteiger partial charge is 0.481 e. The van der Waals surface area contributed by atoms with Gasteiger partial charge in [0.05, 0.1) is 17.6 Å². The third-order valence-corrected chi connectivity index (χ3v) is 7.44. The molecule has 9 heteroatoms. The van der Waals surface area contributed by atoms with Crippen molar-refractivity contribution >= 4 is 18.6 Å². The second-order valence-electron chi connectivity index (χ2n) is 11.2. The summed E-state index contributed by atoms with van der Waals surface area (Å²) >= 11 is 0. The van der Waals surface area contributed by atoms with Gasteiger partial charge in [-0.25, -0.2) is 4.99 Å². The summed E-state index contributed by atoms with van der Waals surface area (Å²) in [6.07, 6.45) is 3.32. The molecular formula is C31H40F3N3O3. The van der Waals surface area contributed by atoms with Crippen molar-refractivity contribution < 1.29 is 27.9 Å². The second-order valence-corrected chi connectivity index (χ2v) is 11.2. The lowest BCUT2D eigenvalue weighted by Crippen LogP contribution is -2.28. The second kappa shape index (κ2) is 14.4. The normalized spacial score (nSPS) is 15.6. The molecule has 218 valence electrons. The Morgan fingerprint density at radius 2 is 1.55 bits per heavy atom. The van der Waals surface area contributed by atoms with Crippen molar-refractivity contribution in [3.05, 3.63) is 70.8 Å². The molecule has 1 saturated carbocycles. The molecule has 0 saturated heterocycles. The van der Waals surface area contributed by atoms with Crippen LogP contribution in [0.2, 0.25) is 0 Å². The highest BCUT2D eigenvalue weighted by Crippen LogP contribution is 2.29. The minimum Gasteiger partial charge on any atom is -0.481 e. The maximum Gasteiger partial charge on any atom is 0.416 e. The number of halogens is 3.